The highest BCUT2D eigenvalue weighted by molar-refractivity contribution is 5.31. The first kappa shape index (κ1) is 11.4. The predicted octanol–water partition coefficient (Wildman–Crippen LogP) is 2.33. The van der Waals surface area contributed by atoms with Crippen LogP contribution in [0.3, 0.4) is 0 Å². The van der Waals surface area contributed by atoms with Gasteiger partial charge in [0.05, 0.1) is 6.04 Å². The lowest BCUT2D eigenvalue weighted by atomic mass is 10.1. The van der Waals surface area contributed by atoms with Crippen LogP contribution in [-0.2, 0) is 0 Å². The zero-order valence-corrected chi connectivity index (χ0v) is 9.68. The van der Waals surface area contributed by atoms with E-state index in [1.165, 1.54) is 17.8 Å². The molecular formula is C13H15N3O. The average molecular weight is 229 g/mol. The molecule has 1 atom stereocenters. The first-order valence-electron chi connectivity index (χ1n) is 5.66. The van der Waals surface area contributed by atoms with Crippen molar-refractivity contribution in [2.24, 2.45) is 0 Å². The summed E-state index contributed by atoms with van der Waals surface area (Å²) < 4.78 is 0. The third-order valence-electron chi connectivity index (χ3n) is 2.59. The quantitative estimate of drug-likeness (QED) is 0.846. The largest absolute Gasteiger partial charge is 0.349 e. The summed E-state index contributed by atoms with van der Waals surface area (Å²) in [7, 11) is 0. The molecule has 0 aliphatic carbocycles. The number of aromatic amines is 1. The molecule has 0 amide bonds. The fourth-order valence-corrected chi connectivity index (χ4v) is 1.71. The number of benzene rings is 1. The normalized spacial score (nSPS) is 12.1. The van der Waals surface area contributed by atoms with E-state index in [-0.39, 0.29) is 11.6 Å². The molecule has 2 aromatic rings. The number of nitrogens with one attached hydrogen (secondary N) is 2. The fraction of sp³-hybridized carbons (Fsp3) is 0.231. The Bertz CT molecular complexity index is 521. The van der Waals surface area contributed by atoms with Gasteiger partial charge in [0.1, 0.15) is 0 Å². The highest BCUT2D eigenvalue weighted by Gasteiger charge is 2.09. The molecule has 2 rings (SSSR count). The molecule has 1 heterocycles. The van der Waals surface area contributed by atoms with Crippen LogP contribution in [0.5, 0.6) is 0 Å². The van der Waals surface area contributed by atoms with Gasteiger partial charge in [-0.15, -0.1) is 0 Å². The van der Waals surface area contributed by atoms with Crippen LogP contribution in [0.4, 0.5) is 5.95 Å². The van der Waals surface area contributed by atoms with E-state index in [9.17, 15) is 4.79 Å². The molecule has 0 spiro atoms. The number of rotatable bonds is 4. The number of hydrogen-bond donors (Lipinski definition) is 2. The molecule has 0 fully saturated rings. The smallest absolute Gasteiger partial charge is 0.252 e. The van der Waals surface area contributed by atoms with Crippen LogP contribution < -0.4 is 10.9 Å². The Balaban J connectivity index is 2.19. The summed E-state index contributed by atoms with van der Waals surface area (Å²) in [6, 6.07) is 11.7. The topological polar surface area (TPSA) is 57.8 Å². The minimum atomic E-state index is -0.148. The van der Waals surface area contributed by atoms with Crippen molar-refractivity contribution in [1.29, 1.82) is 0 Å². The van der Waals surface area contributed by atoms with Crippen molar-refractivity contribution >= 4 is 5.95 Å². The maximum atomic E-state index is 11.2. The Hall–Kier alpha value is -2.10. The Labute approximate surface area is 99.7 Å². The molecule has 2 N–H and O–H groups in total. The second-order valence-corrected chi connectivity index (χ2v) is 3.80. The van der Waals surface area contributed by atoms with Gasteiger partial charge in [0.15, 0.2) is 0 Å². The van der Waals surface area contributed by atoms with Crippen LogP contribution in [0.2, 0.25) is 0 Å². The molecule has 1 aromatic heterocycles. The Morgan fingerprint density at radius 2 is 2.06 bits per heavy atom. The second kappa shape index (κ2) is 5.30. The highest BCUT2D eigenvalue weighted by atomic mass is 16.1. The Morgan fingerprint density at radius 3 is 2.71 bits per heavy atom. The van der Waals surface area contributed by atoms with Gasteiger partial charge in [-0.25, -0.2) is 4.98 Å². The van der Waals surface area contributed by atoms with Crippen LogP contribution in [-0.4, -0.2) is 9.97 Å². The molecule has 0 saturated heterocycles. The molecule has 0 aliphatic heterocycles. The summed E-state index contributed by atoms with van der Waals surface area (Å²) >= 11 is 0. The maximum Gasteiger partial charge on any atom is 0.252 e. The molecule has 1 unspecified atom stereocenters. The van der Waals surface area contributed by atoms with Gasteiger partial charge in [-0.1, -0.05) is 37.3 Å². The number of nitrogens with zero attached hydrogens (tertiary/aromatic N) is 1. The summed E-state index contributed by atoms with van der Waals surface area (Å²) in [6.07, 6.45) is 2.42. The first-order valence-corrected chi connectivity index (χ1v) is 5.66. The molecule has 0 bridgehead atoms. The van der Waals surface area contributed by atoms with Crippen molar-refractivity contribution in [3.63, 3.8) is 0 Å². The molecule has 0 radical (unpaired) electrons. The third kappa shape index (κ3) is 2.93. The van der Waals surface area contributed by atoms with Crippen molar-refractivity contribution < 1.29 is 0 Å². The third-order valence-corrected chi connectivity index (χ3v) is 2.59. The van der Waals surface area contributed by atoms with Gasteiger partial charge in [-0.2, -0.15) is 0 Å². The number of hydrogen-bond acceptors (Lipinski definition) is 3. The van der Waals surface area contributed by atoms with E-state index < -0.39 is 0 Å². The lowest BCUT2D eigenvalue weighted by molar-refractivity contribution is 0.737. The van der Waals surface area contributed by atoms with E-state index in [2.05, 4.69) is 34.3 Å². The van der Waals surface area contributed by atoms with E-state index in [1.54, 1.807) is 0 Å². The SMILES string of the molecule is CCC(Nc1nccc(=O)[nH]1)c1ccccc1. The van der Waals surface area contributed by atoms with Gasteiger partial charge in [0, 0.05) is 12.3 Å². The van der Waals surface area contributed by atoms with E-state index >= 15 is 0 Å². The average Bonchev–Trinajstić information content (AvgIpc) is 2.37. The molecule has 4 nitrogen and oxygen atoms in total. The zero-order valence-electron chi connectivity index (χ0n) is 9.68. The van der Waals surface area contributed by atoms with Crippen molar-refractivity contribution in [2.75, 3.05) is 5.32 Å². The standard InChI is InChI=1S/C13H15N3O/c1-2-11(10-6-4-3-5-7-10)15-13-14-9-8-12(17)16-13/h3-9,11H,2H2,1H3,(H2,14,15,16,17). The molecular weight excluding hydrogens is 214 g/mol. The minimum Gasteiger partial charge on any atom is -0.349 e. The molecule has 4 heteroatoms. The van der Waals surface area contributed by atoms with Crippen molar-refractivity contribution in [1.82, 2.24) is 9.97 Å². The number of aromatic nitrogens is 2. The molecule has 88 valence electrons. The molecule has 0 aliphatic rings. The second-order valence-electron chi connectivity index (χ2n) is 3.80. The molecule has 17 heavy (non-hydrogen) atoms. The fourth-order valence-electron chi connectivity index (χ4n) is 1.71. The summed E-state index contributed by atoms with van der Waals surface area (Å²) in [5.41, 5.74) is 1.03. The lowest BCUT2D eigenvalue weighted by Crippen LogP contribution is -2.15. The van der Waals surface area contributed by atoms with Gasteiger partial charge in [0.25, 0.3) is 5.56 Å². The Morgan fingerprint density at radius 1 is 1.29 bits per heavy atom. The summed E-state index contributed by atoms with van der Waals surface area (Å²) in [6.45, 7) is 2.09. The van der Waals surface area contributed by atoms with Gasteiger partial charge in [0.2, 0.25) is 5.95 Å². The van der Waals surface area contributed by atoms with Crippen LogP contribution >= 0.6 is 0 Å². The van der Waals surface area contributed by atoms with E-state index in [0.29, 0.717) is 5.95 Å². The maximum absolute atomic E-state index is 11.2. The van der Waals surface area contributed by atoms with Gasteiger partial charge in [-0.05, 0) is 12.0 Å². The summed E-state index contributed by atoms with van der Waals surface area (Å²) in [5.74, 6) is 0.508. The van der Waals surface area contributed by atoms with Crippen LogP contribution in [0, 0.1) is 0 Å². The van der Waals surface area contributed by atoms with E-state index in [4.69, 9.17) is 0 Å². The van der Waals surface area contributed by atoms with Gasteiger partial charge < -0.3 is 5.32 Å². The highest BCUT2D eigenvalue weighted by Crippen LogP contribution is 2.19. The molecule has 0 saturated carbocycles. The van der Waals surface area contributed by atoms with Gasteiger partial charge in [-0.3, -0.25) is 9.78 Å². The lowest BCUT2D eigenvalue weighted by Gasteiger charge is -2.17. The predicted molar refractivity (Wildman–Crippen MR) is 68.0 cm³/mol. The first-order chi connectivity index (χ1) is 8.29. The minimum absolute atomic E-state index is 0.148. The molecule has 1 aromatic carbocycles. The van der Waals surface area contributed by atoms with E-state index in [0.717, 1.165) is 6.42 Å². The van der Waals surface area contributed by atoms with Crippen molar-refractivity contribution in [3.05, 3.63) is 58.5 Å². The Kier molecular flexibility index (Phi) is 3.55. The number of anilines is 1. The van der Waals surface area contributed by atoms with Crippen LogP contribution in [0.1, 0.15) is 24.9 Å². The number of H-pyrrole nitrogens is 1. The van der Waals surface area contributed by atoms with Crippen molar-refractivity contribution in [3.8, 4) is 0 Å². The summed E-state index contributed by atoms with van der Waals surface area (Å²) in [4.78, 5) is 17.9. The van der Waals surface area contributed by atoms with Crippen molar-refractivity contribution in [2.45, 2.75) is 19.4 Å². The zero-order chi connectivity index (χ0) is 12.1. The van der Waals surface area contributed by atoms with Gasteiger partial charge >= 0.3 is 0 Å². The van der Waals surface area contributed by atoms with Crippen LogP contribution in [0.25, 0.3) is 0 Å². The van der Waals surface area contributed by atoms with Crippen LogP contribution in [0.15, 0.2) is 47.4 Å². The monoisotopic (exact) mass is 229 g/mol. The summed E-state index contributed by atoms with van der Waals surface area (Å²) in [5, 5.41) is 3.22. The van der Waals surface area contributed by atoms with E-state index in [1.807, 2.05) is 18.2 Å².